The van der Waals surface area contributed by atoms with Gasteiger partial charge in [0.05, 0.1) is 23.9 Å². The number of methoxy groups -OCH3 is 1. The number of likely N-dealkylation sites (tertiary alicyclic amines) is 1. The molecule has 2 fully saturated rings. The van der Waals surface area contributed by atoms with Crippen molar-refractivity contribution in [3.63, 3.8) is 0 Å². The molecule has 5 rings (SSSR count). The van der Waals surface area contributed by atoms with Gasteiger partial charge < -0.3 is 9.30 Å². The van der Waals surface area contributed by atoms with Crippen LogP contribution in [0, 0.1) is 0 Å². The van der Waals surface area contributed by atoms with Crippen molar-refractivity contribution in [1.82, 2.24) is 29.4 Å². The predicted octanol–water partition coefficient (Wildman–Crippen LogP) is 2.50. The van der Waals surface area contributed by atoms with Crippen LogP contribution in [0.1, 0.15) is 68.0 Å². The third-order valence-electron chi connectivity index (χ3n) is 6.36. The fourth-order valence-electron chi connectivity index (χ4n) is 4.94. The topological polar surface area (TPSA) is 61.0 Å². The Bertz CT molecular complexity index is 762. The van der Waals surface area contributed by atoms with Gasteiger partial charge in [0.25, 0.3) is 0 Å². The number of aryl methyl sites for hydroxylation is 1. The molecule has 7 heteroatoms. The van der Waals surface area contributed by atoms with E-state index in [1.807, 2.05) is 7.11 Å². The quantitative estimate of drug-likeness (QED) is 0.824. The Labute approximate surface area is 154 Å². The molecule has 0 radical (unpaired) electrons. The van der Waals surface area contributed by atoms with E-state index in [0.29, 0.717) is 6.04 Å². The summed E-state index contributed by atoms with van der Waals surface area (Å²) in [5.74, 6) is 2.26. The van der Waals surface area contributed by atoms with Crippen molar-refractivity contribution in [3.8, 4) is 0 Å². The van der Waals surface area contributed by atoms with Crippen LogP contribution in [0.4, 0.5) is 0 Å². The zero-order valence-corrected chi connectivity index (χ0v) is 15.5. The van der Waals surface area contributed by atoms with E-state index < -0.39 is 0 Å². The zero-order valence-electron chi connectivity index (χ0n) is 15.5. The van der Waals surface area contributed by atoms with Crippen molar-refractivity contribution in [3.05, 3.63) is 29.6 Å². The van der Waals surface area contributed by atoms with Crippen molar-refractivity contribution in [2.24, 2.45) is 0 Å². The average Bonchev–Trinajstić information content (AvgIpc) is 3.43. The van der Waals surface area contributed by atoms with Crippen LogP contribution in [-0.2, 0) is 24.2 Å². The average molecular weight is 356 g/mol. The number of hydrogen-bond donors (Lipinski definition) is 0. The van der Waals surface area contributed by atoms with E-state index in [0.717, 1.165) is 49.8 Å². The van der Waals surface area contributed by atoms with Crippen molar-refractivity contribution in [2.75, 3.05) is 13.7 Å². The molecule has 1 aliphatic carbocycles. The summed E-state index contributed by atoms with van der Waals surface area (Å²) in [6.45, 7) is 2.84. The third-order valence-corrected chi connectivity index (χ3v) is 6.36. The van der Waals surface area contributed by atoms with E-state index in [9.17, 15) is 0 Å². The lowest BCUT2D eigenvalue weighted by Crippen LogP contribution is -2.26. The monoisotopic (exact) mass is 356 g/mol. The van der Waals surface area contributed by atoms with E-state index in [-0.39, 0.29) is 12.1 Å². The highest BCUT2D eigenvalue weighted by atomic mass is 16.5. The Morgan fingerprint density at radius 2 is 2.08 bits per heavy atom. The van der Waals surface area contributed by atoms with Crippen LogP contribution in [0.2, 0.25) is 0 Å². The molecule has 1 saturated carbocycles. The SMILES string of the molecule is CO[C@@H]1C[C@@H](c2nnc3n2CCC3)N(Cc2ccn(C3CCCC3)n2)C1. The van der Waals surface area contributed by atoms with E-state index in [1.165, 1.54) is 32.1 Å². The van der Waals surface area contributed by atoms with Gasteiger partial charge in [0.2, 0.25) is 0 Å². The summed E-state index contributed by atoms with van der Waals surface area (Å²) in [4.78, 5) is 2.48. The molecule has 7 nitrogen and oxygen atoms in total. The number of nitrogens with zero attached hydrogens (tertiary/aromatic N) is 6. The van der Waals surface area contributed by atoms with Crippen LogP contribution in [-0.4, -0.2) is 49.2 Å². The second-order valence-electron chi connectivity index (χ2n) is 7.99. The third kappa shape index (κ3) is 2.87. The summed E-state index contributed by atoms with van der Waals surface area (Å²) in [7, 11) is 1.81. The van der Waals surface area contributed by atoms with E-state index in [1.54, 1.807) is 0 Å². The van der Waals surface area contributed by atoms with Crippen LogP contribution in [0.25, 0.3) is 0 Å². The molecule has 3 aliphatic rings. The smallest absolute Gasteiger partial charge is 0.150 e. The van der Waals surface area contributed by atoms with Gasteiger partial charge in [-0.25, -0.2) is 0 Å². The van der Waals surface area contributed by atoms with Crippen molar-refractivity contribution in [2.45, 2.75) is 76.2 Å². The Morgan fingerprint density at radius 3 is 2.92 bits per heavy atom. The minimum atomic E-state index is 0.256. The molecule has 0 amide bonds. The standard InChI is InChI=1S/C19H28N6O/c1-26-16-11-17(19-21-20-18-7-4-9-24(18)19)23(13-16)12-14-8-10-25(22-14)15-5-2-3-6-15/h8,10,15-17H,2-7,9,11-13H2,1H3/t16-,17+/m1/s1. The lowest BCUT2D eigenvalue weighted by Gasteiger charge is -2.22. The summed E-state index contributed by atoms with van der Waals surface area (Å²) in [6.07, 6.45) is 10.9. The highest BCUT2D eigenvalue weighted by molar-refractivity contribution is 5.10. The number of aromatic nitrogens is 5. The first-order valence-electron chi connectivity index (χ1n) is 10.0. The highest BCUT2D eigenvalue weighted by Crippen LogP contribution is 2.35. The van der Waals surface area contributed by atoms with Gasteiger partial charge in [0.15, 0.2) is 5.82 Å². The molecule has 2 aliphatic heterocycles. The maximum absolute atomic E-state index is 5.69. The van der Waals surface area contributed by atoms with Gasteiger partial charge in [0, 0.05) is 39.4 Å². The summed E-state index contributed by atoms with van der Waals surface area (Å²) < 4.78 is 10.2. The molecule has 0 spiro atoms. The Hall–Kier alpha value is -1.73. The Balaban J connectivity index is 1.36. The lowest BCUT2D eigenvalue weighted by atomic mass is 10.2. The first-order valence-corrected chi connectivity index (χ1v) is 10.0. The van der Waals surface area contributed by atoms with Crippen molar-refractivity contribution in [1.29, 1.82) is 0 Å². The maximum atomic E-state index is 5.69. The van der Waals surface area contributed by atoms with E-state index in [2.05, 4.69) is 36.6 Å². The molecule has 0 N–H and O–H groups in total. The van der Waals surface area contributed by atoms with Crippen molar-refractivity contribution >= 4 is 0 Å². The number of hydrogen-bond acceptors (Lipinski definition) is 5. The second-order valence-corrected chi connectivity index (χ2v) is 7.99. The number of rotatable bonds is 5. The normalized spacial score (nSPS) is 26.8. The van der Waals surface area contributed by atoms with E-state index in [4.69, 9.17) is 9.84 Å². The maximum Gasteiger partial charge on any atom is 0.150 e. The number of fused-ring (bicyclic) bond motifs is 1. The van der Waals surface area contributed by atoms with Gasteiger partial charge in [0.1, 0.15) is 5.82 Å². The van der Waals surface area contributed by atoms with Crippen LogP contribution < -0.4 is 0 Å². The molecule has 26 heavy (non-hydrogen) atoms. The van der Waals surface area contributed by atoms with Crippen LogP contribution >= 0.6 is 0 Å². The Kier molecular flexibility index (Phi) is 4.29. The van der Waals surface area contributed by atoms with Gasteiger partial charge in [-0.3, -0.25) is 9.58 Å². The molecular weight excluding hydrogens is 328 g/mol. The summed E-state index contributed by atoms with van der Waals surface area (Å²) in [5, 5.41) is 13.8. The molecule has 2 aromatic heterocycles. The van der Waals surface area contributed by atoms with Gasteiger partial charge in [-0.05, 0) is 31.7 Å². The molecule has 2 aromatic rings. The molecule has 4 heterocycles. The first-order chi connectivity index (χ1) is 12.8. The summed E-state index contributed by atoms with van der Waals surface area (Å²) in [5.41, 5.74) is 1.15. The molecule has 140 valence electrons. The zero-order chi connectivity index (χ0) is 17.5. The summed E-state index contributed by atoms with van der Waals surface area (Å²) in [6, 6.07) is 3.06. The predicted molar refractivity (Wildman–Crippen MR) is 96.6 cm³/mol. The highest BCUT2D eigenvalue weighted by Gasteiger charge is 2.37. The fraction of sp³-hybridized carbons (Fsp3) is 0.737. The summed E-state index contributed by atoms with van der Waals surface area (Å²) >= 11 is 0. The van der Waals surface area contributed by atoms with Gasteiger partial charge >= 0.3 is 0 Å². The van der Waals surface area contributed by atoms with E-state index >= 15 is 0 Å². The minimum Gasteiger partial charge on any atom is -0.380 e. The van der Waals surface area contributed by atoms with Gasteiger partial charge in [-0.1, -0.05) is 12.8 Å². The van der Waals surface area contributed by atoms with Crippen LogP contribution in [0.15, 0.2) is 12.3 Å². The minimum absolute atomic E-state index is 0.256. The second kappa shape index (κ2) is 6.78. The van der Waals surface area contributed by atoms with Crippen LogP contribution in [0.5, 0.6) is 0 Å². The molecule has 2 atom stereocenters. The molecule has 0 bridgehead atoms. The molecular formula is C19H28N6O. The fourth-order valence-corrected chi connectivity index (χ4v) is 4.94. The Morgan fingerprint density at radius 1 is 1.19 bits per heavy atom. The van der Waals surface area contributed by atoms with Crippen LogP contribution in [0.3, 0.4) is 0 Å². The van der Waals surface area contributed by atoms with Gasteiger partial charge in [-0.2, -0.15) is 5.10 Å². The van der Waals surface area contributed by atoms with Crippen molar-refractivity contribution < 1.29 is 4.74 Å². The molecule has 0 unspecified atom stereocenters. The lowest BCUT2D eigenvalue weighted by molar-refractivity contribution is 0.107. The number of ether oxygens (including phenoxy) is 1. The molecule has 1 saturated heterocycles. The molecule has 0 aromatic carbocycles. The first kappa shape index (κ1) is 16.4. The van der Waals surface area contributed by atoms with Gasteiger partial charge in [-0.15, -0.1) is 10.2 Å². The largest absolute Gasteiger partial charge is 0.380 e.